The van der Waals surface area contributed by atoms with Gasteiger partial charge in [-0.2, -0.15) is 0 Å². The lowest BCUT2D eigenvalue weighted by Crippen LogP contribution is -2.15. The maximum Gasteiger partial charge on any atom is 0.234 e. The minimum atomic E-state index is -0.483. The van der Waals surface area contributed by atoms with E-state index < -0.39 is 5.82 Å². The molecule has 9 heteroatoms. The monoisotopic (exact) mass is 428 g/mol. The SMILES string of the molecule is C=CCn1c(COc2ccc(OC)cc2)nnc1SCC(=O)Nc1ccccc1F. The first kappa shape index (κ1) is 21.4. The molecule has 3 rings (SSSR count). The molecule has 1 amide bonds. The minimum Gasteiger partial charge on any atom is -0.497 e. The van der Waals surface area contributed by atoms with Crippen LogP contribution in [0, 0.1) is 5.82 Å². The molecule has 0 radical (unpaired) electrons. The maximum absolute atomic E-state index is 13.7. The topological polar surface area (TPSA) is 78.3 Å². The van der Waals surface area contributed by atoms with Crippen LogP contribution in [0.2, 0.25) is 0 Å². The van der Waals surface area contributed by atoms with Crippen LogP contribution in [-0.4, -0.2) is 33.5 Å². The van der Waals surface area contributed by atoms with Crippen LogP contribution in [0.3, 0.4) is 0 Å². The average molecular weight is 428 g/mol. The van der Waals surface area contributed by atoms with Crippen molar-refractivity contribution in [2.24, 2.45) is 0 Å². The molecule has 30 heavy (non-hydrogen) atoms. The number of allylic oxidation sites excluding steroid dienone is 1. The molecule has 0 spiro atoms. The lowest BCUT2D eigenvalue weighted by molar-refractivity contribution is -0.113. The van der Waals surface area contributed by atoms with Crippen LogP contribution in [0.4, 0.5) is 10.1 Å². The van der Waals surface area contributed by atoms with E-state index in [2.05, 4.69) is 22.1 Å². The van der Waals surface area contributed by atoms with Crippen molar-refractivity contribution < 1.29 is 18.7 Å². The van der Waals surface area contributed by atoms with Gasteiger partial charge >= 0.3 is 0 Å². The summed E-state index contributed by atoms with van der Waals surface area (Å²) in [6.45, 7) is 4.42. The molecule has 0 fully saturated rings. The quantitative estimate of drug-likeness (QED) is 0.390. The molecular weight excluding hydrogens is 407 g/mol. The van der Waals surface area contributed by atoms with E-state index in [9.17, 15) is 9.18 Å². The predicted molar refractivity (Wildman–Crippen MR) is 113 cm³/mol. The molecule has 1 aromatic heterocycles. The van der Waals surface area contributed by atoms with Crippen LogP contribution in [0.25, 0.3) is 0 Å². The van der Waals surface area contributed by atoms with Gasteiger partial charge in [-0.05, 0) is 36.4 Å². The first-order chi connectivity index (χ1) is 14.6. The Bertz CT molecular complexity index is 1010. The van der Waals surface area contributed by atoms with Gasteiger partial charge in [0.1, 0.15) is 23.9 Å². The summed E-state index contributed by atoms with van der Waals surface area (Å²) in [7, 11) is 1.60. The van der Waals surface area contributed by atoms with E-state index in [4.69, 9.17) is 9.47 Å². The number of nitrogens with zero attached hydrogens (tertiary/aromatic N) is 3. The predicted octanol–water partition coefficient (Wildman–Crippen LogP) is 3.92. The van der Waals surface area contributed by atoms with E-state index in [1.165, 1.54) is 23.9 Å². The molecular formula is C21H21FN4O3S. The summed E-state index contributed by atoms with van der Waals surface area (Å²) < 4.78 is 26.4. The first-order valence-corrected chi connectivity index (χ1v) is 10.1. The fraction of sp³-hybridized carbons (Fsp3) is 0.190. The third-order valence-electron chi connectivity index (χ3n) is 4.01. The Balaban J connectivity index is 1.61. The second-order valence-corrected chi connectivity index (χ2v) is 7.02. The van der Waals surface area contributed by atoms with Crippen molar-refractivity contribution in [1.29, 1.82) is 0 Å². The van der Waals surface area contributed by atoms with Gasteiger partial charge < -0.3 is 14.8 Å². The number of amides is 1. The van der Waals surface area contributed by atoms with Gasteiger partial charge in [0, 0.05) is 6.54 Å². The molecule has 0 saturated carbocycles. The van der Waals surface area contributed by atoms with E-state index in [-0.39, 0.29) is 24.0 Å². The van der Waals surface area contributed by atoms with Gasteiger partial charge in [-0.15, -0.1) is 16.8 Å². The van der Waals surface area contributed by atoms with Crippen LogP contribution in [0.15, 0.2) is 66.3 Å². The summed E-state index contributed by atoms with van der Waals surface area (Å²) in [5.74, 6) is 1.25. The summed E-state index contributed by atoms with van der Waals surface area (Å²) in [5, 5.41) is 11.4. The van der Waals surface area contributed by atoms with Gasteiger partial charge in [-0.3, -0.25) is 9.36 Å². The number of methoxy groups -OCH3 is 1. The zero-order valence-corrected chi connectivity index (χ0v) is 17.2. The number of anilines is 1. The second kappa shape index (κ2) is 10.4. The Morgan fingerprint density at radius 2 is 1.93 bits per heavy atom. The zero-order chi connectivity index (χ0) is 21.3. The van der Waals surface area contributed by atoms with E-state index in [1.54, 1.807) is 49.6 Å². The molecule has 156 valence electrons. The Labute approximate surface area is 177 Å². The highest BCUT2D eigenvalue weighted by molar-refractivity contribution is 7.99. The molecule has 3 aromatic rings. The standard InChI is InChI=1S/C21H21FN4O3S/c1-3-12-26-19(13-29-16-10-8-15(28-2)9-11-16)24-25-21(26)30-14-20(27)23-18-7-5-4-6-17(18)22/h3-11H,1,12-14H2,2H3,(H,23,27). The van der Waals surface area contributed by atoms with Gasteiger partial charge in [0.05, 0.1) is 18.6 Å². The fourth-order valence-electron chi connectivity index (χ4n) is 2.54. The molecule has 1 N–H and O–H groups in total. The van der Waals surface area contributed by atoms with Crippen molar-refractivity contribution >= 4 is 23.4 Å². The highest BCUT2D eigenvalue weighted by Crippen LogP contribution is 2.21. The minimum absolute atomic E-state index is 0.0585. The number of halogens is 1. The van der Waals surface area contributed by atoms with Crippen molar-refractivity contribution in [2.45, 2.75) is 18.3 Å². The van der Waals surface area contributed by atoms with E-state index >= 15 is 0 Å². The van der Waals surface area contributed by atoms with Crippen molar-refractivity contribution in [2.75, 3.05) is 18.2 Å². The number of aromatic nitrogens is 3. The normalized spacial score (nSPS) is 10.5. The molecule has 2 aromatic carbocycles. The molecule has 0 aliphatic rings. The number of hydrogen-bond donors (Lipinski definition) is 1. The smallest absolute Gasteiger partial charge is 0.234 e. The molecule has 1 heterocycles. The summed E-state index contributed by atoms with van der Waals surface area (Å²) in [4.78, 5) is 12.2. The van der Waals surface area contributed by atoms with Crippen molar-refractivity contribution in [3.05, 3.63) is 72.8 Å². The van der Waals surface area contributed by atoms with Gasteiger partial charge in [-0.25, -0.2) is 4.39 Å². The van der Waals surface area contributed by atoms with Gasteiger partial charge in [0.2, 0.25) is 5.91 Å². The molecule has 0 aliphatic carbocycles. The maximum atomic E-state index is 13.7. The second-order valence-electron chi connectivity index (χ2n) is 6.08. The summed E-state index contributed by atoms with van der Waals surface area (Å²) in [5.41, 5.74) is 0.143. The Morgan fingerprint density at radius 1 is 1.20 bits per heavy atom. The highest BCUT2D eigenvalue weighted by Gasteiger charge is 2.15. The average Bonchev–Trinajstić information content (AvgIpc) is 3.14. The van der Waals surface area contributed by atoms with Crippen LogP contribution >= 0.6 is 11.8 Å². The third kappa shape index (κ3) is 5.60. The molecule has 0 saturated heterocycles. The summed E-state index contributed by atoms with van der Waals surface area (Å²) in [6.07, 6.45) is 1.71. The van der Waals surface area contributed by atoms with Gasteiger partial charge in [-0.1, -0.05) is 30.0 Å². The van der Waals surface area contributed by atoms with Gasteiger partial charge in [0.25, 0.3) is 0 Å². The number of benzene rings is 2. The number of thioether (sulfide) groups is 1. The van der Waals surface area contributed by atoms with Crippen molar-refractivity contribution in [3.63, 3.8) is 0 Å². The van der Waals surface area contributed by atoms with Gasteiger partial charge in [0.15, 0.2) is 11.0 Å². The largest absolute Gasteiger partial charge is 0.497 e. The Morgan fingerprint density at radius 3 is 2.63 bits per heavy atom. The lowest BCUT2D eigenvalue weighted by atomic mass is 10.3. The number of carbonyl (C=O) groups is 1. The zero-order valence-electron chi connectivity index (χ0n) is 16.4. The molecule has 0 aliphatic heterocycles. The number of rotatable bonds is 10. The fourth-order valence-corrected chi connectivity index (χ4v) is 3.31. The number of hydrogen-bond acceptors (Lipinski definition) is 6. The first-order valence-electron chi connectivity index (χ1n) is 9.07. The molecule has 0 bridgehead atoms. The molecule has 0 unspecified atom stereocenters. The number of para-hydroxylation sites is 1. The molecule has 0 atom stereocenters. The van der Waals surface area contributed by atoms with Crippen LogP contribution in [-0.2, 0) is 17.9 Å². The summed E-state index contributed by atoms with van der Waals surface area (Å²) >= 11 is 1.20. The third-order valence-corrected chi connectivity index (χ3v) is 4.98. The van der Waals surface area contributed by atoms with Crippen LogP contribution < -0.4 is 14.8 Å². The van der Waals surface area contributed by atoms with E-state index in [1.807, 2.05) is 4.57 Å². The van der Waals surface area contributed by atoms with Crippen molar-refractivity contribution in [1.82, 2.24) is 14.8 Å². The number of nitrogens with one attached hydrogen (secondary N) is 1. The Hall–Kier alpha value is -3.33. The Kier molecular flexibility index (Phi) is 7.45. The van der Waals surface area contributed by atoms with Crippen LogP contribution in [0.5, 0.6) is 11.5 Å². The van der Waals surface area contributed by atoms with Crippen LogP contribution in [0.1, 0.15) is 5.82 Å². The number of ether oxygens (including phenoxy) is 2. The number of carbonyl (C=O) groups excluding carboxylic acids is 1. The van der Waals surface area contributed by atoms with E-state index in [0.717, 1.165) is 5.75 Å². The van der Waals surface area contributed by atoms with E-state index in [0.29, 0.717) is 23.3 Å². The lowest BCUT2D eigenvalue weighted by Gasteiger charge is -2.10. The molecule has 7 nitrogen and oxygen atoms in total. The highest BCUT2D eigenvalue weighted by atomic mass is 32.2. The van der Waals surface area contributed by atoms with Crippen molar-refractivity contribution in [3.8, 4) is 11.5 Å². The summed E-state index contributed by atoms with van der Waals surface area (Å²) in [6, 6.07) is 13.2.